The number of anilines is 6. The minimum atomic E-state index is -0.290. The lowest BCUT2D eigenvalue weighted by Crippen LogP contribution is -2.17. The van der Waals surface area contributed by atoms with Gasteiger partial charge in [-0.05, 0) is 142 Å². The van der Waals surface area contributed by atoms with E-state index in [1.54, 1.807) is 12.1 Å². The van der Waals surface area contributed by atoms with Crippen LogP contribution in [-0.2, 0) is 5.41 Å². The lowest BCUT2D eigenvalue weighted by Gasteiger charge is -2.31. The maximum absolute atomic E-state index is 15.3. The third kappa shape index (κ3) is 5.83. The molecule has 0 fully saturated rings. The number of para-hydroxylation sites is 2. The number of hydrogen-bond acceptors (Lipinski definition) is 4. The Labute approximate surface area is 383 Å². The Morgan fingerprint density at radius 2 is 0.833 bits per heavy atom. The fraction of sp³-hybridized carbons (Fsp3) is 0.0492. The zero-order valence-corrected chi connectivity index (χ0v) is 36.3. The van der Waals surface area contributed by atoms with E-state index in [0.29, 0.717) is 0 Å². The van der Waals surface area contributed by atoms with Crippen molar-refractivity contribution in [3.05, 3.63) is 229 Å². The van der Waals surface area contributed by atoms with Gasteiger partial charge >= 0.3 is 0 Å². The summed E-state index contributed by atoms with van der Waals surface area (Å²) in [5, 5.41) is 2.06. The molecule has 0 N–H and O–H groups in total. The SMILES string of the molecule is CC1(C)c2ccccc2-c2ccc(N(c3ccc4c(c3)Oc3ccc5c6c(ccc-4c36)Oc3cc(N(c4ccccc4)c4ccccc4)ccc3-5)c3ccc(F)cc3-c3ccccc3)cc21. The van der Waals surface area contributed by atoms with Gasteiger partial charge in [0.15, 0.2) is 0 Å². The number of hydrogen-bond donors (Lipinski definition) is 0. The molecule has 0 radical (unpaired) electrons. The summed E-state index contributed by atoms with van der Waals surface area (Å²) in [4.78, 5) is 4.50. The summed E-state index contributed by atoms with van der Waals surface area (Å²) in [7, 11) is 0. The van der Waals surface area contributed by atoms with E-state index in [9.17, 15) is 0 Å². The van der Waals surface area contributed by atoms with Gasteiger partial charge in [0.2, 0.25) is 0 Å². The molecule has 0 atom stereocenters. The third-order valence-electron chi connectivity index (χ3n) is 13.7. The average molecular weight is 853 g/mol. The van der Waals surface area contributed by atoms with Crippen molar-refractivity contribution in [3.8, 4) is 67.5 Å². The normalized spacial score (nSPS) is 13.1. The molecular formula is C61H41FN2O2. The summed E-state index contributed by atoms with van der Waals surface area (Å²) >= 11 is 0. The number of fused-ring (bicyclic) bond motifs is 7. The maximum atomic E-state index is 15.3. The van der Waals surface area contributed by atoms with Crippen LogP contribution < -0.4 is 19.3 Å². The van der Waals surface area contributed by atoms with E-state index >= 15 is 4.39 Å². The molecule has 0 aromatic heterocycles. The molecule has 0 spiro atoms. The van der Waals surface area contributed by atoms with E-state index in [0.717, 1.165) is 101 Å². The molecule has 66 heavy (non-hydrogen) atoms. The summed E-state index contributed by atoms with van der Waals surface area (Å²) in [5.41, 5.74) is 16.7. The lowest BCUT2D eigenvalue weighted by atomic mass is 9.82. The monoisotopic (exact) mass is 852 g/mol. The second kappa shape index (κ2) is 14.6. The van der Waals surface area contributed by atoms with Crippen molar-refractivity contribution in [2.75, 3.05) is 9.80 Å². The number of ether oxygens (including phenoxy) is 2. The highest BCUT2D eigenvalue weighted by Gasteiger charge is 2.36. The van der Waals surface area contributed by atoms with E-state index < -0.39 is 0 Å². The molecule has 314 valence electrons. The zero-order chi connectivity index (χ0) is 44.1. The molecule has 0 bridgehead atoms. The first-order valence-corrected chi connectivity index (χ1v) is 22.4. The van der Waals surface area contributed by atoms with Crippen LogP contribution in [-0.4, -0.2) is 0 Å². The summed E-state index contributed by atoms with van der Waals surface area (Å²) in [5.74, 6) is 2.82. The molecule has 0 unspecified atom stereocenters. The molecule has 3 aliphatic rings. The fourth-order valence-corrected chi connectivity index (χ4v) is 10.6. The maximum Gasteiger partial charge on any atom is 0.137 e. The molecule has 13 rings (SSSR count). The minimum absolute atomic E-state index is 0.211. The van der Waals surface area contributed by atoms with Crippen LogP contribution in [0.2, 0.25) is 0 Å². The van der Waals surface area contributed by atoms with Crippen molar-refractivity contribution in [2.45, 2.75) is 19.3 Å². The van der Waals surface area contributed by atoms with E-state index in [1.165, 1.54) is 22.3 Å². The first-order chi connectivity index (χ1) is 32.4. The van der Waals surface area contributed by atoms with Crippen LogP contribution in [0.1, 0.15) is 25.0 Å². The number of nitrogens with zero attached hydrogens (tertiary/aromatic N) is 2. The Morgan fingerprint density at radius 1 is 0.348 bits per heavy atom. The van der Waals surface area contributed by atoms with Gasteiger partial charge in [0.1, 0.15) is 28.8 Å². The molecule has 5 heteroatoms. The van der Waals surface area contributed by atoms with E-state index in [4.69, 9.17) is 9.47 Å². The Morgan fingerprint density at radius 3 is 1.44 bits per heavy atom. The highest BCUT2D eigenvalue weighted by Crippen LogP contribution is 2.57. The molecular weight excluding hydrogens is 812 g/mol. The second-order valence-electron chi connectivity index (χ2n) is 17.8. The van der Waals surface area contributed by atoms with Crippen molar-refractivity contribution < 1.29 is 13.9 Å². The van der Waals surface area contributed by atoms with Crippen molar-refractivity contribution in [3.63, 3.8) is 0 Å². The smallest absolute Gasteiger partial charge is 0.137 e. The first-order valence-electron chi connectivity index (χ1n) is 22.4. The molecule has 2 aliphatic heterocycles. The molecule has 10 aromatic rings. The van der Waals surface area contributed by atoms with Gasteiger partial charge in [-0.1, -0.05) is 111 Å². The number of rotatable bonds is 7. The Kier molecular flexibility index (Phi) is 8.40. The van der Waals surface area contributed by atoms with Gasteiger partial charge in [-0.3, -0.25) is 0 Å². The largest absolute Gasteiger partial charge is 0.456 e. The molecule has 4 nitrogen and oxygen atoms in total. The summed E-state index contributed by atoms with van der Waals surface area (Å²) in [6.45, 7) is 4.60. The molecule has 2 heterocycles. The van der Waals surface area contributed by atoms with Crippen LogP contribution in [0, 0.1) is 5.82 Å². The number of halogens is 1. The van der Waals surface area contributed by atoms with Crippen LogP contribution in [0.5, 0.6) is 23.0 Å². The fourth-order valence-electron chi connectivity index (χ4n) is 10.6. The standard InChI is InChI=1S/C61H41FN2O2/c1-61(2)52-21-13-12-20-45(52)46-26-23-42(35-53(46)61)64(54-31-22-39(62)34-51(54)38-14-6-3-7-15-38)44-25-28-48-50-30-32-55-59-49(29-33-56(60(50)59)66-58(48)37-44)47-27-24-43(36-57(47)65-55)63(40-16-8-4-9-17-40)41-18-10-5-11-19-41/h3-37H,1-2H3. The Bertz CT molecular complexity index is 3550. The Hall–Kier alpha value is -8.41. The molecule has 10 aromatic carbocycles. The van der Waals surface area contributed by atoms with Gasteiger partial charge in [0.05, 0.1) is 5.69 Å². The van der Waals surface area contributed by atoms with Gasteiger partial charge in [0.25, 0.3) is 0 Å². The van der Waals surface area contributed by atoms with E-state index in [-0.39, 0.29) is 11.2 Å². The van der Waals surface area contributed by atoms with Gasteiger partial charge < -0.3 is 19.3 Å². The van der Waals surface area contributed by atoms with Crippen molar-refractivity contribution in [1.29, 1.82) is 0 Å². The summed E-state index contributed by atoms with van der Waals surface area (Å²) < 4.78 is 29.1. The van der Waals surface area contributed by atoms with Crippen molar-refractivity contribution in [1.82, 2.24) is 0 Å². The summed E-state index contributed by atoms with van der Waals surface area (Å²) in [6.07, 6.45) is 0. The van der Waals surface area contributed by atoms with Gasteiger partial charge in [-0.2, -0.15) is 0 Å². The predicted molar refractivity (Wildman–Crippen MR) is 267 cm³/mol. The molecule has 0 saturated carbocycles. The van der Waals surface area contributed by atoms with Gasteiger partial charge in [-0.25, -0.2) is 4.39 Å². The van der Waals surface area contributed by atoms with Crippen LogP contribution in [0.3, 0.4) is 0 Å². The average Bonchev–Trinajstić information content (AvgIpc) is 3.59. The molecule has 0 amide bonds. The van der Waals surface area contributed by atoms with Crippen molar-refractivity contribution >= 4 is 44.9 Å². The van der Waals surface area contributed by atoms with Gasteiger partial charge in [0, 0.05) is 73.4 Å². The predicted octanol–water partition coefficient (Wildman–Crippen LogP) is 17.4. The lowest BCUT2D eigenvalue weighted by molar-refractivity contribution is 0.480. The van der Waals surface area contributed by atoms with Crippen LogP contribution in [0.15, 0.2) is 212 Å². The highest BCUT2D eigenvalue weighted by atomic mass is 19.1. The topological polar surface area (TPSA) is 24.9 Å². The number of benzene rings is 10. The van der Waals surface area contributed by atoms with Crippen LogP contribution in [0.4, 0.5) is 38.5 Å². The second-order valence-corrected chi connectivity index (χ2v) is 17.8. The quantitative estimate of drug-likeness (QED) is 0.159. The highest BCUT2D eigenvalue weighted by molar-refractivity contribution is 6.14. The molecule has 0 saturated heterocycles. The Balaban J connectivity index is 0.932. The molecule has 1 aliphatic carbocycles. The zero-order valence-electron chi connectivity index (χ0n) is 36.3. The summed E-state index contributed by atoms with van der Waals surface area (Å²) in [6, 6.07) is 72.9. The van der Waals surface area contributed by atoms with Gasteiger partial charge in [-0.15, -0.1) is 0 Å². The van der Waals surface area contributed by atoms with Crippen LogP contribution >= 0.6 is 0 Å². The van der Waals surface area contributed by atoms with Crippen LogP contribution in [0.25, 0.3) is 55.3 Å². The van der Waals surface area contributed by atoms with E-state index in [1.807, 2.05) is 48.5 Å². The van der Waals surface area contributed by atoms with E-state index in [2.05, 4.69) is 175 Å². The minimum Gasteiger partial charge on any atom is -0.456 e. The first kappa shape index (κ1) is 38.1. The third-order valence-corrected chi connectivity index (χ3v) is 13.7. The van der Waals surface area contributed by atoms with Crippen molar-refractivity contribution in [2.24, 2.45) is 0 Å².